The summed E-state index contributed by atoms with van der Waals surface area (Å²) in [6.45, 7) is -4.99. The third kappa shape index (κ3) is 4.36. The Morgan fingerprint density at radius 1 is 1.19 bits per heavy atom. The minimum Gasteiger partial charge on any atom is -0.394 e. The van der Waals surface area contributed by atoms with E-state index >= 15 is 4.39 Å². The van der Waals surface area contributed by atoms with E-state index in [0.29, 0.717) is 11.2 Å². The zero-order valence-corrected chi connectivity index (χ0v) is 23.7. The summed E-state index contributed by atoms with van der Waals surface area (Å²) in [4.78, 5) is 46.4. The Hall–Kier alpha value is -3.20. The van der Waals surface area contributed by atoms with Crippen molar-refractivity contribution < 1.29 is 38.2 Å². The van der Waals surface area contributed by atoms with Crippen LogP contribution in [0.15, 0.2) is 23.8 Å². The molecule has 7 heterocycles. The predicted octanol–water partition coefficient (Wildman–Crippen LogP) is -1.54. The number of H-pyrrole nitrogens is 1. The minimum atomic E-state index is -4.05. The average Bonchev–Trinajstić information content (AvgIpc) is 3.76. The van der Waals surface area contributed by atoms with E-state index in [0.717, 1.165) is 0 Å². The van der Waals surface area contributed by atoms with E-state index in [2.05, 4.69) is 29.9 Å². The first-order valence-corrected chi connectivity index (χ1v) is 15.8. The van der Waals surface area contributed by atoms with E-state index in [1.165, 1.54) is 23.5 Å². The van der Waals surface area contributed by atoms with E-state index in [1.54, 1.807) is 4.57 Å². The number of alkyl halides is 1. The number of imidazole rings is 2. The van der Waals surface area contributed by atoms with Crippen molar-refractivity contribution in [2.45, 2.75) is 54.6 Å². The van der Waals surface area contributed by atoms with Crippen molar-refractivity contribution in [1.82, 2.24) is 39.0 Å². The standard InChI is InChI=1S/C22H26FN10O8PS/c23-9-8(3-34)40-20(33-7-29-11-17(33)30-21(25)31-18(11)36)13(9)42(37,43)39-2-1-22-4-38-12(14(22)35)19(41-22)32-6-28-10-15(24)26-5-27-16(10)32/h5-9,12-14,19-20,34-35H,1-4H2,(H,37,43)(H2,24,26,27)(H3,25,30,31,36)/t8-,9+,12-,13-,14+,19-,20-,22?,42?/m1/s1. The number of nitrogen functional groups attached to an aromatic ring is 2. The van der Waals surface area contributed by atoms with Crippen LogP contribution in [0.4, 0.5) is 16.2 Å². The maximum atomic E-state index is 15.6. The first-order valence-electron chi connectivity index (χ1n) is 13.0. The SMILES string of the molecule is Nc1nc2c(ncn2[C@@H]2O[C@H](CO)[C@H](F)[C@H]2P(O)(=S)OCCC23CO[C@@H]([C@H](n4cnc5c(N)ncnc54)O2)[C@@H]3O)c(=O)[nH]1. The molecule has 2 bridgehead atoms. The van der Waals surface area contributed by atoms with Crippen molar-refractivity contribution in [2.24, 2.45) is 0 Å². The normalized spacial score (nSPS) is 33.5. The van der Waals surface area contributed by atoms with Crippen molar-refractivity contribution in [3.05, 3.63) is 29.3 Å². The lowest BCUT2D eigenvalue weighted by Gasteiger charge is -2.32. The molecule has 3 aliphatic rings. The number of anilines is 2. The highest BCUT2D eigenvalue weighted by Gasteiger charge is 2.62. The van der Waals surface area contributed by atoms with E-state index < -0.39 is 66.9 Å². The Labute approximate surface area is 245 Å². The number of fused-ring (bicyclic) bond motifs is 4. The van der Waals surface area contributed by atoms with Gasteiger partial charge in [0.2, 0.25) is 5.95 Å². The van der Waals surface area contributed by atoms with Crippen LogP contribution in [-0.4, -0.2) is 110 Å². The van der Waals surface area contributed by atoms with Crippen molar-refractivity contribution in [1.29, 1.82) is 0 Å². The summed E-state index contributed by atoms with van der Waals surface area (Å²) < 4.78 is 42.0. The number of aromatic nitrogens is 8. The number of hydrogen-bond acceptors (Lipinski definition) is 15. The molecular weight excluding hydrogens is 614 g/mol. The Kier molecular flexibility index (Phi) is 6.76. The number of aromatic amines is 1. The zero-order valence-electron chi connectivity index (χ0n) is 22.0. The molecule has 4 aromatic rings. The molecule has 7 rings (SSSR count). The molecule has 0 aliphatic carbocycles. The fourth-order valence-electron chi connectivity index (χ4n) is 5.90. The number of nitrogens with zero attached hydrogens (tertiary/aromatic N) is 7. The van der Waals surface area contributed by atoms with Crippen LogP contribution < -0.4 is 17.0 Å². The Balaban J connectivity index is 1.11. The van der Waals surface area contributed by atoms with Gasteiger partial charge in [0.1, 0.15) is 47.6 Å². The molecule has 0 saturated carbocycles. The topological polar surface area (TPSA) is 257 Å². The van der Waals surface area contributed by atoms with Crippen LogP contribution in [0.2, 0.25) is 0 Å². The zero-order chi connectivity index (χ0) is 30.3. The van der Waals surface area contributed by atoms with Crippen molar-refractivity contribution in [2.75, 3.05) is 31.3 Å². The van der Waals surface area contributed by atoms with Crippen molar-refractivity contribution in [3.63, 3.8) is 0 Å². The molecule has 0 radical (unpaired) electrons. The molecular formula is C22H26FN10O8PS. The highest BCUT2D eigenvalue weighted by molar-refractivity contribution is 8.09. The van der Waals surface area contributed by atoms with E-state index in [9.17, 15) is 19.9 Å². The minimum absolute atomic E-state index is 0.0178. The second-order valence-corrected chi connectivity index (χ2v) is 14.0. The van der Waals surface area contributed by atoms with Crippen molar-refractivity contribution >= 4 is 52.4 Å². The van der Waals surface area contributed by atoms with Gasteiger partial charge >= 0.3 is 0 Å². The van der Waals surface area contributed by atoms with Gasteiger partial charge < -0.3 is 45.3 Å². The van der Waals surface area contributed by atoms with Gasteiger partial charge in [-0.15, -0.1) is 0 Å². The molecule has 18 nitrogen and oxygen atoms in total. The molecule has 4 aromatic heterocycles. The van der Waals surface area contributed by atoms with Gasteiger partial charge in [0.15, 0.2) is 41.6 Å². The highest BCUT2D eigenvalue weighted by atomic mass is 32.5. The molecule has 0 spiro atoms. The van der Waals surface area contributed by atoms with E-state index in [4.69, 9.17) is 42.0 Å². The first kappa shape index (κ1) is 28.6. The lowest BCUT2D eigenvalue weighted by atomic mass is 9.96. The Bertz CT molecular complexity index is 1820. The largest absolute Gasteiger partial charge is 0.394 e. The molecule has 230 valence electrons. The van der Waals surface area contributed by atoms with E-state index in [-0.39, 0.29) is 42.6 Å². The molecule has 9 atom stereocenters. The van der Waals surface area contributed by atoms with Gasteiger partial charge in [0, 0.05) is 6.42 Å². The van der Waals surface area contributed by atoms with Gasteiger partial charge in [-0.3, -0.25) is 18.9 Å². The van der Waals surface area contributed by atoms with Crippen LogP contribution in [0, 0.1) is 0 Å². The van der Waals surface area contributed by atoms with Crippen LogP contribution in [0.25, 0.3) is 22.3 Å². The molecule has 0 aromatic carbocycles. The number of hydrogen-bond donors (Lipinski definition) is 6. The van der Waals surface area contributed by atoms with Crippen LogP contribution in [0.5, 0.6) is 0 Å². The summed E-state index contributed by atoms with van der Waals surface area (Å²) in [5.74, 6) is -0.0305. The molecule has 0 amide bonds. The molecule has 3 fully saturated rings. The number of rotatable bonds is 8. The fourth-order valence-corrected chi connectivity index (χ4v) is 8.40. The lowest BCUT2D eigenvalue weighted by Crippen LogP contribution is -2.41. The number of ether oxygens (including phenoxy) is 3. The summed E-state index contributed by atoms with van der Waals surface area (Å²) in [7, 11) is 0. The van der Waals surface area contributed by atoms with Crippen LogP contribution in [0.3, 0.4) is 0 Å². The number of aliphatic hydroxyl groups is 2. The lowest BCUT2D eigenvalue weighted by molar-refractivity contribution is -0.176. The summed E-state index contributed by atoms with van der Waals surface area (Å²) in [5, 5.41) is 20.8. The highest BCUT2D eigenvalue weighted by Crippen LogP contribution is 2.59. The molecule has 43 heavy (non-hydrogen) atoms. The van der Waals surface area contributed by atoms with Gasteiger partial charge in [0.25, 0.3) is 5.56 Å². The van der Waals surface area contributed by atoms with Crippen LogP contribution in [0.1, 0.15) is 18.9 Å². The number of nitrogens with one attached hydrogen (secondary N) is 1. The van der Waals surface area contributed by atoms with Crippen LogP contribution in [-0.2, 0) is 30.5 Å². The Morgan fingerprint density at radius 3 is 2.70 bits per heavy atom. The summed E-state index contributed by atoms with van der Waals surface area (Å²) in [5.41, 5.74) is 8.86. The molecule has 3 aliphatic heterocycles. The number of aliphatic hydroxyl groups excluding tert-OH is 2. The smallest absolute Gasteiger partial charge is 0.280 e. The second-order valence-electron chi connectivity index (χ2n) is 10.5. The third-order valence-corrected chi connectivity index (χ3v) is 10.9. The number of nitrogens with two attached hydrogens (primary N) is 2. The van der Waals surface area contributed by atoms with Gasteiger partial charge in [-0.05, 0) is 11.8 Å². The summed E-state index contributed by atoms with van der Waals surface area (Å²) >= 11 is 5.44. The molecule has 2 unspecified atom stereocenters. The number of halogens is 1. The fraction of sp³-hybridized carbons (Fsp3) is 0.545. The maximum absolute atomic E-state index is 15.6. The van der Waals surface area contributed by atoms with Gasteiger partial charge in [-0.1, -0.05) is 0 Å². The molecule has 21 heteroatoms. The van der Waals surface area contributed by atoms with Gasteiger partial charge in [0.05, 0.1) is 32.5 Å². The Morgan fingerprint density at radius 2 is 1.93 bits per heavy atom. The predicted molar refractivity (Wildman–Crippen MR) is 148 cm³/mol. The second kappa shape index (κ2) is 10.2. The summed E-state index contributed by atoms with van der Waals surface area (Å²) in [6.07, 6.45) is -3.33. The van der Waals surface area contributed by atoms with Crippen molar-refractivity contribution in [3.8, 4) is 0 Å². The molecule has 3 saturated heterocycles. The first-order chi connectivity index (χ1) is 20.5. The monoisotopic (exact) mass is 640 g/mol. The third-order valence-electron chi connectivity index (χ3n) is 8.04. The quantitative estimate of drug-likeness (QED) is 0.119. The summed E-state index contributed by atoms with van der Waals surface area (Å²) in [6, 6.07) is 0. The molecule has 8 N–H and O–H groups in total. The maximum Gasteiger partial charge on any atom is 0.280 e. The van der Waals surface area contributed by atoms with Gasteiger partial charge in [-0.2, -0.15) is 4.98 Å². The average molecular weight is 641 g/mol. The van der Waals surface area contributed by atoms with E-state index in [1.807, 2.05) is 0 Å². The van der Waals surface area contributed by atoms with Crippen LogP contribution >= 0.6 is 6.49 Å². The van der Waals surface area contributed by atoms with Gasteiger partial charge in [-0.25, -0.2) is 24.3 Å².